The summed E-state index contributed by atoms with van der Waals surface area (Å²) in [5.74, 6) is 0.242. The molecule has 0 unspecified atom stereocenters. The van der Waals surface area contributed by atoms with Crippen molar-refractivity contribution in [3.8, 4) is 5.75 Å². The molecule has 25 heavy (non-hydrogen) atoms. The van der Waals surface area contributed by atoms with Gasteiger partial charge < -0.3 is 14.8 Å². The number of nitrogens with zero attached hydrogens (tertiary/aromatic N) is 1. The Hall–Kier alpha value is -2.25. The summed E-state index contributed by atoms with van der Waals surface area (Å²) in [5, 5.41) is 3.02. The third kappa shape index (κ3) is 6.28. The first-order valence-corrected chi connectivity index (χ1v) is 8.73. The molecule has 0 saturated carbocycles. The number of anilines is 1. The lowest BCUT2D eigenvalue weighted by atomic mass is 10.3. The average Bonchev–Trinajstić information content (AvgIpc) is 2.62. The lowest BCUT2D eigenvalue weighted by molar-refractivity contribution is -0.150. The van der Waals surface area contributed by atoms with Crippen LogP contribution < -0.4 is 10.1 Å². The van der Waals surface area contributed by atoms with Crippen molar-refractivity contribution in [2.45, 2.75) is 17.9 Å². The van der Waals surface area contributed by atoms with Crippen molar-refractivity contribution >= 4 is 41.1 Å². The summed E-state index contributed by atoms with van der Waals surface area (Å²) in [7, 11) is 1.59. The Morgan fingerprint density at radius 1 is 1.24 bits per heavy atom. The van der Waals surface area contributed by atoms with Crippen molar-refractivity contribution in [2.24, 2.45) is 0 Å². The highest BCUT2D eigenvalue weighted by Gasteiger charge is 2.18. The number of rotatable bonds is 7. The maximum atomic E-state index is 12.0. The molecule has 2 rings (SSSR count). The molecule has 1 aromatic carbocycles. The first kappa shape index (κ1) is 19.1. The first-order valence-electron chi connectivity index (χ1n) is 7.36. The van der Waals surface area contributed by atoms with Gasteiger partial charge in [0.25, 0.3) is 5.91 Å². The van der Waals surface area contributed by atoms with Gasteiger partial charge >= 0.3 is 5.97 Å². The fourth-order valence-electron chi connectivity index (χ4n) is 1.78. The molecule has 0 bridgehead atoms. The quantitative estimate of drug-likeness (QED) is 0.586. The van der Waals surface area contributed by atoms with Crippen molar-refractivity contribution in [3.63, 3.8) is 0 Å². The van der Waals surface area contributed by atoms with Gasteiger partial charge in [0, 0.05) is 11.1 Å². The van der Waals surface area contributed by atoms with Gasteiger partial charge in [0.2, 0.25) is 0 Å². The number of halogens is 1. The second kappa shape index (κ2) is 9.29. The molecule has 0 spiro atoms. The molecule has 1 N–H and O–H groups in total. The van der Waals surface area contributed by atoms with Crippen molar-refractivity contribution in [1.29, 1.82) is 0 Å². The molecule has 132 valence electrons. The minimum Gasteiger partial charge on any atom is -0.497 e. The average molecular weight is 381 g/mol. The first-order chi connectivity index (χ1) is 12.0. The van der Waals surface area contributed by atoms with Crippen LogP contribution in [-0.2, 0) is 14.3 Å². The van der Waals surface area contributed by atoms with Crippen LogP contribution in [0.25, 0.3) is 0 Å². The fraction of sp³-hybridized carbons (Fsp3) is 0.235. The Kier molecular flexibility index (Phi) is 7.09. The summed E-state index contributed by atoms with van der Waals surface area (Å²) < 4.78 is 10.2. The smallest absolute Gasteiger partial charge is 0.317 e. The zero-order valence-corrected chi connectivity index (χ0v) is 15.3. The number of amides is 1. The van der Waals surface area contributed by atoms with Crippen LogP contribution in [0, 0.1) is 0 Å². The van der Waals surface area contributed by atoms with E-state index in [1.54, 1.807) is 19.2 Å². The summed E-state index contributed by atoms with van der Waals surface area (Å²) in [4.78, 5) is 28.7. The Balaban J connectivity index is 1.78. The van der Waals surface area contributed by atoms with Crippen LogP contribution in [-0.4, -0.2) is 35.8 Å². The highest BCUT2D eigenvalue weighted by Crippen LogP contribution is 2.21. The van der Waals surface area contributed by atoms with Gasteiger partial charge in [0.1, 0.15) is 11.6 Å². The number of carbonyl (C=O) groups excluding carboxylic acids is 2. The molecular weight excluding hydrogens is 364 g/mol. The van der Waals surface area contributed by atoms with E-state index in [1.807, 2.05) is 24.3 Å². The fourth-order valence-corrected chi connectivity index (χ4v) is 2.57. The van der Waals surface area contributed by atoms with E-state index in [4.69, 9.17) is 21.1 Å². The second-order valence-electron chi connectivity index (χ2n) is 4.95. The van der Waals surface area contributed by atoms with E-state index < -0.39 is 18.0 Å². The van der Waals surface area contributed by atoms with Gasteiger partial charge in [0.15, 0.2) is 6.10 Å². The summed E-state index contributed by atoms with van der Waals surface area (Å²) >= 11 is 7.05. The molecule has 8 heteroatoms. The minimum absolute atomic E-state index is 0.100. The Labute approximate surface area is 154 Å². The third-order valence-electron chi connectivity index (χ3n) is 3.07. The topological polar surface area (TPSA) is 77.5 Å². The van der Waals surface area contributed by atoms with Crippen molar-refractivity contribution in [2.75, 3.05) is 18.2 Å². The summed E-state index contributed by atoms with van der Waals surface area (Å²) in [6, 6.07) is 10.5. The molecule has 0 fully saturated rings. The van der Waals surface area contributed by atoms with Crippen molar-refractivity contribution in [3.05, 3.63) is 47.6 Å². The van der Waals surface area contributed by atoms with E-state index in [-0.39, 0.29) is 5.75 Å². The van der Waals surface area contributed by atoms with Crippen LogP contribution in [0.5, 0.6) is 5.75 Å². The van der Waals surface area contributed by atoms with Gasteiger partial charge in [-0.25, -0.2) is 4.98 Å². The van der Waals surface area contributed by atoms with Gasteiger partial charge in [-0.3, -0.25) is 9.59 Å². The molecule has 0 saturated heterocycles. The SMILES string of the molecule is COc1ccc(SCC(=O)O[C@@H](C)C(=O)Nc2ccc(Cl)cn2)cc1. The van der Waals surface area contributed by atoms with Crippen LogP contribution in [0.1, 0.15) is 6.92 Å². The molecule has 6 nitrogen and oxygen atoms in total. The minimum atomic E-state index is -0.929. The molecule has 0 aliphatic heterocycles. The predicted octanol–water partition coefficient (Wildman–Crippen LogP) is 3.41. The zero-order chi connectivity index (χ0) is 18.2. The van der Waals surface area contributed by atoms with Crippen LogP contribution in [0.2, 0.25) is 5.02 Å². The molecular formula is C17H17ClN2O4S. The van der Waals surface area contributed by atoms with Crippen LogP contribution in [0.4, 0.5) is 5.82 Å². The van der Waals surface area contributed by atoms with Gasteiger partial charge in [0.05, 0.1) is 17.9 Å². The maximum absolute atomic E-state index is 12.0. The number of pyridine rings is 1. The zero-order valence-electron chi connectivity index (χ0n) is 13.7. The molecule has 1 atom stereocenters. The Morgan fingerprint density at radius 3 is 2.56 bits per heavy atom. The number of ether oxygens (including phenoxy) is 2. The molecule has 1 amide bonds. The molecule has 1 aromatic heterocycles. The van der Waals surface area contributed by atoms with Crippen molar-refractivity contribution < 1.29 is 19.1 Å². The monoisotopic (exact) mass is 380 g/mol. The highest BCUT2D eigenvalue weighted by atomic mass is 35.5. The van der Waals surface area contributed by atoms with E-state index in [9.17, 15) is 9.59 Å². The summed E-state index contributed by atoms with van der Waals surface area (Å²) in [6.45, 7) is 1.50. The number of nitrogens with one attached hydrogen (secondary N) is 1. The molecule has 2 aromatic rings. The van der Waals surface area contributed by atoms with Crippen LogP contribution in [0.15, 0.2) is 47.5 Å². The van der Waals surface area contributed by atoms with E-state index in [0.29, 0.717) is 10.8 Å². The third-order valence-corrected chi connectivity index (χ3v) is 4.28. The van der Waals surface area contributed by atoms with E-state index in [0.717, 1.165) is 10.6 Å². The normalized spacial score (nSPS) is 11.5. The van der Waals surface area contributed by atoms with Gasteiger partial charge in [-0.1, -0.05) is 11.6 Å². The van der Waals surface area contributed by atoms with Crippen molar-refractivity contribution in [1.82, 2.24) is 4.98 Å². The lowest BCUT2D eigenvalue weighted by Gasteiger charge is -2.13. The highest BCUT2D eigenvalue weighted by molar-refractivity contribution is 8.00. The molecule has 0 aliphatic carbocycles. The maximum Gasteiger partial charge on any atom is 0.317 e. The summed E-state index contributed by atoms with van der Waals surface area (Å²) in [5.41, 5.74) is 0. The largest absolute Gasteiger partial charge is 0.497 e. The van der Waals surface area contributed by atoms with Gasteiger partial charge in [-0.15, -0.1) is 11.8 Å². The number of carbonyl (C=O) groups is 2. The van der Waals surface area contributed by atoms with Crippen LogP contribution in [0.3, 0.4) is 0 Å². The number of thioether (sulfide) groups is 1. The number of benzene rings is 1. The lowest BCUT2D eigenvalue weighted by Crippen LogP contribution is -2.30. The van der Waals surface area contributed by atoms with Gasteiger partial charge in [-0.2, -0.15) is 0 Å². The molecule has 0 aliphatic rings. The Morgan fingerprint density at radius 2 is 1.96 bits per heavy atom. The van der Waals surface area contributed by atoms with E-state index in [1.165, 1.54) is 24.9 Å². The number of esters is 1. The number of hydrogen-bond acceptors (Lipinski definition) is 6. The number of aromatic nitrogens is 1. The number of hydrogen-bond donors (Lipinski definition) is 1. The number of methoxy groups -OCH3 is 1. The van der Waals surface area contributed by atoms with Crippen LogP contribution >= 0.6 is 23.4 Å². The standard InChI is InChI=1S/C17H17ClN2O4S/c1-11(17(22)20-15-8-3-12(18)9-19-15)24-16(21)10-25-14-6-4-13(23-2)5-7-14/h3-9,11H,10H2,1-2H3,(H,19,20,22)/t11-/m0/s1. The van der Waals surface area contributed by atoms with Gasteiger partial charge in [-0.05, 0) is 43.3 Å². The Bertz CT molecular complexity index is 722. The second-order valence-corrected chi connectivity index (χ2v) is 6.43. The molecule has 1 heterocycles. The van der Waals surface area contributed by atoms with E-state index >= 15 is 0 Å². The van der Waals surface area contributed by atoms with E-state index in [2.05, 4.69) is 10.3 Å². The summed E-state index contributed by atoms with van der Waals surface area (Å²) in [6.07, 6.45) is 0.487. The predicted molar refractivity (Wildman–Crippen MR) is 97.1 cm³/mol. The molecule has 0 radical (unpaired) electrons.